The Balaban J connectivity index is 1.70. The quantitative estimate of drug-likeness (QED) is 0.822. The maximum Gasteiger partial charge on any atom is 0.254 e. The summed E-state index contributed by atoms with van der Waals surface area (Å²) in [5.41, 5.74) is 0.873. The van der Waals surface area contributed by atoms with Crippen LogP contribution in [0, 0.1) is 0 Å². The van der Waals surface area contributed by atoms with Gasteiger partial charge in [-0.05, 0) is 48.8 Å². The summed E-state index contributed by atoms with van der Waals surface area (Å²) in [4.78, 5) is 15.4. The molecule has 1 amide bonds. The Morgan fingerprint density at radius 3 is 2.45 bits per heavy atom. The summed E-state index contributed by atoms with van der Waals surface area (Å²) >= 11 is 1.97. The molecule has 0 saturated carbocycles. The molecule has 2 aliphatic rings. The van der Waals surface area contributed by atoms with E-state index in [9.17, 15) is 4.79 Å². The molecule has 0 spiro atoms. The lowest BCUT2D eigenvalue weighted by atomic mass is 9.98. The number of nitrogens with zero attached hydrogens (tertiary/aromatic N) is 1. The van der Waals surface area contributed by atoms with E-state index >= 15 is 0 Å². The number of rotatable bonds is 2. The molecule has 2 nitrogen and oxygen atoms in total. The van der Waals surface area contributed by atoms with Crippen LogP contribution in [0.3, 0.4) is 0 Å². The van der Waals surface area contributed by atoms with E-state index in [1.807, 2.05) is 36.0 Å². The molecule has 2 aromatic rings. The van der Waals surface area contributed by atoms with Crippen LogP contribution in [0.4, 0.5) is 0 Å². The Kier molecular flexibility index (Phi) is 3.61. The van der Waals surface area contributed by atoms with E-state index in [1.165, 1.54) is 12.8 Å². The third-order valence-corrected chi connectivity index (χ3v) is 6.33. The standard InChI is InChI=1S/C19H21NOS/c1-22-16-11-14-9-10-15(12-16)20(14)19(21)18-8-4-6-13-5-2-3-7-17(13)18/h2-8,14-16H,9-12H2,1H3. The van der Waals surface area contributed by atoms with Crippen molar-refractivity contribution >= 4 is 28.4 Å². The molecule has 2 atom stereocenters. The van der Waals surface area contributed by atoms with Crippen molar-refractivity contribution in [2.24, 2.45) is 0 Å². The number of benzene rings is 2. The van der Waals surface area contributed by atoms with Crippen molar-refractivity contribution < 1.29 is 4.79 Å². The molecular formula is C19H21NOS. The van der Waals surface area contributed by atoms with Crippen LogP contribution in [-0.2, 0) is 0 Å². The summed E-state index contributed by atoms with van der Waals surface area (Å²) in [6.45, 7) is 0. The highest BCUT2D eigenvalue weighted by Crippen LogP contribution is 2.40. The molecule has 3 heteroatoms. The minimum Gasteiger partial charge on any atom is -0.333 e. The molecule has 4 rings (SSSR count). The molecule has 2 unspecified atom stereocenters. The number of piperidine rings is 1. The zero-order valence-corrected chi connectivity index (χ0v) is 13.7. The lowest BCUT2D eigenvalue weighted by Crippen LogP contribution is -2.47. The average molecular weight is 311 g/mol. The van der Waals surface area contributed by atoms with Crippen LogP contribution >= 0.6 is 11.8 Å². The normalized spacial score (nSPS) is 27.3. The molecule has 2 saturated heterocycles. The van der Waals surface area contributed by atoms with Gasteiger partial charge < -0.3 is 4.90 Å². The van der Waals surface area contributed by atoms with Gasteiger partial charge in [-0.1, -0.05) is 36.4 Å². The predicted molar refractivity (Wildman–Crippen MR) is 93.5 cm³/mol. The van der Waals surface area contributed by atoms with Crippen molar-refractivity contribution in [1.29, 1.82) is 0 Å². The second-order valence-electron chi connectivity index (χ2n) is 6.45. The lowest BCUT2D eigenvalue weighted by Gasteiger charge is -2.38. The smallest absolute Gasteiger partial charge is 0.254 e. The van der Waals surface area contributed by atoms with Crippen LogP contribution in [-0.4, -0.2) is 34.4 Å². The number of carbonyl (C=O) groups is 1. The number of hydrogen-bond donors (Lipinski definition) is 0. The van der Waals surface area contributed by atoms with E-state index in [0.29, 0.717) is 12.1 Å². The van der Waals surface area contributed by atoms with Gasteiger partial charge in [0, 0.05) is 22.9 Å². The molecule has 2 heterocycles. The Morgan fingerprint density at radius 1 is 1.05 bits per heavy atom. The van der Waals surface area contributed by atoms with Gasteiger partial charge in [0.25, 0.3) is 5.91 Å². The minimum atomic E-state index is 0.240. The molecule has 0 N–H and O–H groups in total. The van der Waals surface area contributed by atoms with E-state index in [1.54, 1.807) is 0 Å². The van der Waals surface area contributed by atoms with Gasteiger partial charge in [-0.15, -0.1) is 0 Å². The molecule has 0 aliphatic carbocycles. The fraction of sp³-hybridized carbons (Fsp3) is 0.421. The second-order valence-corrected chi connectivity index (χ2v) is 7.59. The Bertz CT molecular complexity index is 694. The van der Waals surface area contributed by atoms with Crippen LogP contribution in [0.5, 0.6) is 0 Å². The van der Waals surface area contributed by atoms with Crippen LogP contribution in [0.2, 0.25) is 0 Å². The molecule has 0 aromatic heterocycles. The summed E-state index contributed by atoms with van der Waals surface area (Å²) in [7, 11) is 0. The number of thioether (sulfide) groups is 1. The zero-order chi connectivity index (χ0) is 15.1. The van der Waals surface area contributed by atoms with Gasteiger partial charge in [-0.3, -0.25) is 4.79 Å². The van der Waals surface area contributed by atoms with E-state index in [2.05, 4.69) is 29.4 Å². The van der Waals surface area contributed by atoms with Crippen molar-refractivity contribution in [1.82, 2.24) is 4.90 Å². The summed E-state index contributed by atoms with van der Waals surface area (Å²) in [5, 5.41) is 2.97. The van der Waals surface area contributed by atoms with Crippen molar-refractivity contribution in [2.45, 2.75) is 43.0 Å². The topological polar surface area (TPSA) is 20.3 Å². The molecule has 2 bridgehead atoms. The highest BCUT2D eigenvalue weighted by atomic mass is 32.2. The average Bonchev–Trinajstić information content (AvgIpc) is 2.83. The highest BCUT2D eigenvalue weighted by Gasteiger charge is 2.43. The maximum absolute atomic E-state index is 13.2. The van der Waals surface area contributed by atoms with E-state index in [0.717, 1.165) is 34.4 Å². The number of amides is 1. The first-order valence-electron chi connectivity index (χ1n) is 8.11. The monoisotopic (exact) mass is 311 g/mol. The van der Waals surface area contributed by atoms with Gasteiger partial charge in [0.2, 0.25) is 0 Å². The van der Waals surface area contributed by atoms with Crippen LogP contribution in [0.1, 0.15) is 36.0 Å². The summed E-state index contributed by atoms with van der Waals surface area (Å²) in [6, 6.07) is 15.2. The fourth-order valence-electron chi connectivity index (χ4n) is 4.20. The Labute approximate surface area is 135 Å². The van der Waals surface area contributed by atoms with Crippen molar-refractivity contribution in [2.75, 3.05) is 6.26 Å². The SMILES string of the molecule is CSC1CC2CCC(C1)N2C(=O)c1cccc2ccccc12. The van der Waals surface area contributed by atoms with E-state index in [4.69, 9.17) is 0 Å². The first kappa shape index (κ1) is 14.1. The Hall–Kier alpha value is -1.48. The van der Waals surface area contributed by atoms with Gasteiger partial charge >= 0.3 is 0 Å². The van der Waals surface area contributed by atoms with Crippen molar-refractivity contribution in [3.05, 3.63) is 48.0 Å². The van der Waals surface area contributed by atoms with Gasteiger partial charge in [-0.25, -0.2) is 0 Å². The molecule has 2 fully saturated rings. The maximum atomic E-state index is 13.2. The number of carbonyl (C=O) groups excluding carboxylic acids is 1. The highest BCUT2D eigenvalue weighted by molar-refractivity contribution is 7.99. The minimum absolute atomic E-state index is 0.240. The predicted octanol–water partition coefficient (Wildman–Crippen LogP) is 4.34. The van der Waals surface area contributed by atoms with Crippen LogP contribution in [0.25, 0.3) is 10.8 Å². The number of hydrogen-bond acceptors (Lipinski definition) is 2. The summed E-state index contributed by atoms with van der Waals surface area (Å²) in [6.07, 6.45) is 6.88. The van der Waals surface area contributed by atoms with Crippen molar-refractivity contribution in [3.8, 4) is 0 Å². The molecule has 2 aliphatic heterocycles. The summed E-state index contributed by atoms with van der Waals surface area (Å²) < 4.78 is 0. The largest absolute Gasteiger partial charge is 0.333 e. The third kappa shape index (κ3) is 2.23. The van der Waals surface area contributed by atoms with Gasteiger partial charge in [0.15, 0.2) is 0 Å². The molecule has 114 valence electrons. The Morgan fingerprint density at radius 2 is 1.73 bits per heavy atom. The lowest BCUT2D eigenvalue weighted by molar-refractivity contribution is 0.0604. The molecular weight excluding hydrogens is 290 g/mol. The van der Waals surface area contributed by atoms with Gasteiger partial charge in [0.1, 0.15) is 0 Å². The molecule has 2 aromatic carbocycles. The van der Waals surface area contributed by atoms with E-state index in [-0.39, 0.29) is 5.91 Å². The molecule has 22 heavy (non-hydrogen) atoms. The summed E-state index contributed by atoms with van der Waals surface area (Å²) in [5.74, 6) is 0.240. The fourth-order valence-corrected chi connectivity index (χ4v) is 5.03. The first-order chi connectivity index (χ1) is 10.8. The number of fused-ring (bicyclic) bond motifs is 3. The van der Waals surface area contributed by atoms with Gasteiger partial charge in [-0.2, -0.15) is 11.8 Å². The van der Waals surface area contributed by atoms with Crippen molar-refractivity contribution in [3.63, 3.8) is 0 Å². The van der Waals surface area contributed by atoms with Crippen LogP contribution < -0.4 is 0 Å². The zero-order valence-electron chi connectivity index (χ0n) is 12.9. The second kappa shape index (κ2) is 5.62. The van der Waals surface area contributed by atoms with Crippen LogP contribution in [0.15, 0.2) is 42.5 Å². The first-order valence-corrected chi connectivity index (χ1v) is 9.40. The van der Waals surface area contributed by atoms with E-state index < -0.39 is 0 Å². The molecule has 0 radical (unpaired) electrons. The third-order valence-electron chi connectivity index (χ3n) is 5.28. The van der Waals surface area contributed by atoms with Gasteiger partial charge in [0.05, 0.1) is 0 Å².